The Morgan fingerprint density at radius 2 is 1.86 bits per heavy atom. The van der Waals surface area contributed by atoms with Crippen LogP contribution in [-0.4, -0.2) is 23.0 Å². The van der Waals surface area contributed by atoms with Crippen molar-refractivity contribution in [3.63, 3.8) is 0 Å². The van der Waals surface area contributed by atoms with Gasteiger partial charge in [-0.1, -0.05) is 12.1 Å². The molecule has 0 aliphatic heterocycles. The summed E-state index contributed by atoms with van der Waals surface area (Å²) in [6.45, 7) is 0. The molecule has 110 valence electrons. The first kappa shape index (κ1) is 15.1. The van der Waals surface area contributed by atoms with Gasteiger partial charge >= 0.3 is 0 Å². The predicted molar refractivity (Wildman–Crippen MR) is 83.8 cm³/mol. The van der Waals surface area contributed by atoms with Crippen LogP contribution in [0.3, 0.4) is 0 Å². The Labute approximate surface area is 125 Å². The van der Waals surface area contributed by atoms with Crippen LogP contribution in [0.15, 0.2) is 53.4 Å². The lowest BCUT2D eigenvalue weighted by Gasteiger charge is -2.09. The van der Waals surface area contributed by atoms with Crippen molar-refractivity contribution in [3.8, 4) is 5.75 Å². The molecule has 0 fully saturated rings. The van der Waals surface area contributed by atoms with Crippen LogP contribution < -0.4 is 15.8 Å². The molecule has 0 saturated heterocycles. The Bertz CT molecular complexity index is 656. The lowest BCUT2D eigenvalue weighted by molar-refractivity contribution is -0.113. The van der Waals surface area contributed by atoms with E-state index in [9.17, 15) is 9.00 Å². The number of hydrogen-bond donors (Lipinski definition) is 2. The molecule has 1 unspecified atom stereocenters. The fourth-order valence-corrected chi connectivity index (χ4v) is 2.67. The van der Waals surface area contributed by atoms with Crippen molar-refractivity contribution in [3.05, 3.63) is 48.5 Å². The lowest BCUT2D eigenvalue weighted by atomic mass is 10.3. The summed E-state index contributed by atoms with van der Waals surface area (Å²) in [5.41, 5.74) is 6.72. The molecular formula is C15H16N2O3S. The smallest absolute Gasteiger partial charge is 0.237 e. The van der Waals surface area contributed by atoms with Gasteiger partial charge in [-0.25, -0.2) is 0 Å². The zero-order valence-electron chi connectivity index (χ0n) is 11.5. The van der Waals surface area contributed by atoms with Gasteiger partial charge in [0.15, 0.2) is 0 Å². The molecule has 2 aromatic rings. The Hall–Kier alpha value is -2.34. The SMILES string of the molecule is COc1ccccc1NC(=O)CS(=O)c1ccc(N)cc1. The molecule has 0 bridgehead atoms. The molecule has 5 nitrogen and oxygen atoms in total. The number of anilines is 2. The van der Waals surface area contributed by atoms with E-state index in [0.717, 1.165) is 0 Å². The Morgan fingerprint density at radius 1 is 1.19 bits per heavy atom. The van der Waals surface area contributed by atoms with E-state index in [-0.39, 0.29) is 11.7 Å². The van der Waals surface area contributed by atoms with Gasteiger partial charge in [0.05, 0.1) is 23.6 Å². The largest absolute Gasteiger partial charge is 0.495 e. The number of carbonyl (C=O) groups excluding carboxylic acids is 1. The van der Waals surface area contributed by atoms with Gasteiger partial charge in [-0.2, -0.15) is 0 Å². The van der Waals surface area contributed by atoms with E-state index in [2.05, 4.69) is 5.32 Å². The van der Waals surface area contributed by atoms with Crippen LogP contribution in [0.4, 0.5) is 11.4 Å². The molecule has 21 heavy (non-hydrogen) atoms. The molecule has 2 rings (SSSR count). The van der Waals surface area contributed by atoms with Crippen LogP contribution in [0.5, 0.6) is 5.75 Å². The monoisotopic (exact) mass is 304 g/mol. The first-order valence-electron chi connectivity index (χ1n) is 6.27. The highest BCUT2D eigenvalue weighted by Crippen LogP contribution is 2.23. The van der Waals surface area contributed by atoms with Crippen LogP contribution in [0.1, 0.15) is 0 Å². The number of methoxy groups -OCH3 is 1. The van der Waals surface area contributed by atoms with E-state index in [0.29, 0.717) is 22.0 Å². The normalized spacial score (nSPS) is 11.7. The van der Waals surface area contributed by atoms with Gasteiger partial charge in [-0.05, 0) is 36.4 Å². The molecule has 0 saturated carbocycles. The quantitative estimate of drug-likeness (QED) is 0.828. The number of ether oxygens (including phenoxy) is 1. The molecule has 6 heteroatoms. The maximum absolute atomic E-state index is 12.1. The number of nitrogens with one attached hydrogen (secondary N) is 1. The van der Waals surface area contributed by atoms with Gasteiger partial charge in [-0.3, -0.25) is 9.00 Å². The Balaban J connectivity index is 2.01. The van der Waals surface area contributed by atoms with Crippen LogP contribution in [-0.2, 0) is 15.6 Å². The molecule has 1 atom stereocenters. The van der Waals surface area contributed by atoms with E-state index in [4.69, 9.17) is 10.5 Å². The third kappa shape index (κ3) is 4.06. The summed E-state index contributed by atoms with van der Waals surface area (Å²) in [4.78, 5) is 12.5. The number of para-hydroxylation sites is 2. The van der Waals surface area contributed by atoms with E-state index < -0.39 is 10.8 Å². The standard InChI is InChI=1S/C15H16N2O3S/c1-20-14-5-3-2-4-13(14)17-15(18)10-21(19)12-8-6-11(16)7-9-12/h2-9H,10,16H2,1H3,(H,17,18). The van der Waals surface area contributed by atoms with Crippen molar-refractivity contribution < 1.29 is 13.7 Å². The van der Waals surface area contributed by atoms with Crippen LogP contribution in [0.25, 0.3) is 0 Å². The van der Waals surface area contributed by atoms with E-state index in [1.807, 2.05) is 0 Å². The first-order valence-corrected chi connectivity index (χ1v) is 7.59. The highest BCUT2D eigenvalue weighted by atomic mass is 32.2. The fourth-order valence-electron chi connectivity index (χ4n) is 1.76. The van der Waals surface area contributed by atoms with Crippen molar-refractivity contribution in [1.29, 1.82) is 0 Å². The third-order valence-electron chi connectivity index (χ3n) is 2.79. The second kappa shape index (κ2) is 6.90. The second-order valence-electron chi connectivity index (χ2n) is 4.31. The summed E-state index contributed by atoms with van der Waals surface area (Å²) >= 11 is 0. The molecule has 0 aromatic heterocycles. The maximum atomic E-state index is 12.1. The molecule has 1 amide bonds. The van der Waals surface area contributed by atoms with Gasteiger partial charge in [-0.15, -0.1) is 0 Å². The van der Waals surface area contributed by atoms with Gasteiger partial charge in [0, 0.05) is 10.6 Å². The average molecular weight is 304 g/mol. The summed E-state index contributed by atoms with van der Waals surface area (Å²) in [5.74, 6) is 0.0980. The number of amides is 1. The summed E-state index contributed by atoms with van der Waals surface area (Å²) in [6, 6.07) is 13.7. The number of benzene rings is 2. The fraction of sp³-hybridized carbons (Fsp3) is 0.133. The van der Waals surface area contributed by atoms with Gasteiger partial charge in [0.25, 0.3) is 0 Å². The topological polar surface area (TPSA) is 81.4 Å². The highest BCUT2D eigenvalue weighted by molar-refractivity contribution is 7.85. The van der Waals surface area contributed by atoms with Crippen LogP contribution in [0, 0.1) is 0 Å². The summed E-state index contributed by atoms with van der Waals surface area (Å²) < 4.78 is 17.2. The van der Waals surface area contributed by atoms with Crippen molar-refractivity contribution in [2.24, 2.45) is 0 Å². The third-order valence-corrected chi connectivity index (χ3v) is 4.11. The lowest BCUT2D eigenvalue weighted by Crippen LogP contribution is -2.19. The van der Waals surface area contributed by atoms with Crippen LogP contribution in [0.2, 0.25) is 0 Å². The minimum atomic E-state index is -1.41. The first-order chi connectivity index (χ1) is 10.1. The highest BCUT2D eigenvalue weighted by Gasteiger charge is 2.12. The number of nitrogens with two attached hydrogens (primary N) is 1. The molecule has 0 spiro atoms. The predicted octanol–water partition coefficient (Wildman–Crippen LogP) is 2.02. The van der Waals surface area contributed by atoms with Crippen molar-refractivity contribution in [2.75, 3.05) is 23.9 Å². The Morgan fingerprint density at radius 3 is 2.52 bits per heavy atom. The second-order valence-corrected chi connectivity index (χ2v) is 5.76. The van der Waals surface area contributed by atoms with E-state index >= 15 is 0 Å². The molecule has 0 aliphatic rings. The van der Waals surface area contributed by atoms with E-state index in [1.54, 1.807) is 48.5 Å². The van der Waals surface area contributed by atoms with Crippen molar-refractivity contribution in [2.45, 2.75) is 4.90 Å². The molecule has 0 aliphatic carbocycles. The minimum absolute atomic E-state index is 0.123. The number of hydrogen-bond acceptors (Lipinski definition) is 4. The number of nitrogen functional groups attached to an aromatic ring is 1. The average Bonchev–Trinajstić information content (AvgIpc) is 2.48. The molecule has 0 radical (unpaired) electrons. The van der Waals surface area contributed by atoms with Crippen molar-refractivity contribution >= 4 is 28.1 Å². The molecule has 3 N–H and O–H groups in total. The van der Waals surface area contributed by atoms with Gasteiger partial charge in [0.1, 0.15) is 11.5 Å². The van der Waals surface area contributed by atoms with Crippen molar-refractivity contribution in [1.82, 2.24) is 0 Å². The summed E-state index contributed by atoms with van der Waals surface area (Å²) in [6.07, 6.45) is 0. The molecule has 0 heterocycles. The Kier molecular flexibility index (Phi) is 4.94. The zero-order chi connectivity index (χ0) is 15.2. The van der Waals surface area contributed by atoms with Gasteiger partial charge in [0.2, 0.25) is 5.91 Å². The van der Waals surface area contributed by atoms with E-state index in [1.165, 1.54) is 7.11 Å². The zero-order valence-corrected chi connectivity index (χ0v) is 12.4. The summed E-state index contributed by atoms with van der Waals surface area (Å²) in [7, 11) is 0.113. The van der Waals surface area contributed by atoms with Crippen LogP contribution >= 0.6 is 0 Å². The maximum Gasteiger partial charge on any atom is 0.237 e. The minimum Gasteiger partial charge on any atom is -0.495 e. The molecular weight excluding hydrogens is 288 g/mol. The number of rotatable bonds is 5. The van der Waals surface area contributed by atoms with Gasteiger partial charge < -0.3 is 15.8 Å². The molecule has 2 aromatic carbocycles. The summed E-state index contributed by atoms with van der Waals surface area (Å²) in [5, 5.41) is 2.69. The number of carbonyl (C=O) groups is 1.